The van der Waals surface area contributed by atoms with Crippen LogP contribution in [0.2, 0.25) is 0 Å². The molecule has 6 nitrogen and oxygen atoms in total. The lowest BCUT2D eigenvalue weighted by Gasteiger charge is -2.11. The van der Waals surface area contributed by atoms with Gasteiger partial charge < -0.3 is 14.8 Å². The summed E-state index contributed by atoms with van der Waals surface area (Å²) in [4.78, 5) is 25.9. The van der Waals surface area contributed by atoms with Gasteiger partial charge in [0, 0.05) is 13.3 Å². The van der Waals surface area contributed by atoms with Crippen LogP contribution >= 0.6 is 0 Å². The number of carboxylic acid groups (broad SMARTS) is 1. The lowest BCUT2D eigenvalue weighted by Crippen LogP contribution is -2.23. The fraction of sp³-hybridized carbons (Fsp3) is 0.444. The molecule has 0 aromatic carbocycles. The Labute approximate surface area is 85.3 Å². The van der Waals surface area contributed by atoms with Crippen LogP contribution in [-0.4, -0.2) is 22.0 Å². The normalized spacial score (nSPS) is 25.3. The largest absolute Gasteiger partial charge is 0.481 e. The SMILES string of the molecule is Cc1ncc(C2NC(=O)CC2C(=O)O)o1. The van der Waals surface area contributed by atoms with Gasteiger partial charge >= 0.3 is 5.97 Å². The highest BCUT2D eigenvalue weighted by molar-refractivity contribution is 5.87. The van der Waals surface area contributed by atoms with E-state index in [2.05, 4.69) is 10.3 Å². The van der Waals surface area contributed by atoms with Crippen molar-refractivity contribution in [1.82, 2.24) is 10.3 Å². The highest BCUT2D eigenvalue weighted by Gasteiger charge is 2.40. The van der Waals surface area contributed by atoms with E-state index in [4.69, 9.17) is 9.52 Å². The maximum atomic E-state index is 11.1. The fourth-order valence-electron chi connectivity index (χ4n) is 1.67. The van der Waals surface area contributed by atoms with Gasteiger partial charge in [-0.05, 0) is 0 Å². The Hall–Kier alpha value is -1.85. The van der Waals surface area contributed by atoms with Gasteiger partial charge in [-0.2, -0.15) is 0 Å². The number of nitrogens with one attached hydrogen (secondary N) is 1. The minimum atomic E-state index is -1.01. The molecule has 1 saturated heterocycles. The van der Waals surface area contributed by atoms with Crippen LogP contribution < -0.4 is 5.32 Å². The second-order valence-electron chi connectivity index (χ2n) is 3.48. The van der Waals surface area contributed by atoms with Crippen molar-refractivity contribution in [3.05, 3.63) is 17.8 Å². The summed E-state index contributed by atoms with van der Waals surface area (Å²) >= 11 is 0. The molecule has 2 unspecified atom stereocenters. The minimum absolute atomic E-state index is 0.0141. The van der Waals surface area contributed by atoms with Crippen molar-refractivity contribution >= 4 is 11.9 Å². The maximum absolute atomic E-state index is 11.1. The van der Waals surface area contributed by atoms with Gasteiger partial charge in [0.25, 0.3) is 0 Å². The van der Waals surface area contributed by atoms with Gasteiger partial charge in [0.1, 0.15) is 11.8 Å². The summed E-state index contributed by atoms with van der Waals surface area (Å²) in [6.07, 6.45) is 1.43. The van der Waals surface area contributed by atoms with Crippen molar-refractivity contribution in [2.45, 2.75) is 19.4 Å². The second-order valence-corrected chi connectivity index (χ2v) is 3.48. The van der Waals surface area contributed by atoms with Crippen LogP contribution in [0.1, 0.15) is 24.1 Å². The molecule has 0 saturated carbocycles. The predicted octanol–water partition coefficient (Wildman–Crippen LogP) is 0.245. The van der Waals surface area contributed by atoms with Crippen molar-refractivity contribution in [2.75, 3.05) is 0 Å². The van der Waals surface area contributed by atoms with E-state index in [0.29, 0.717) is 11.7 Å². The Bertz CT molecular complexity index is 412. The Morgan fingerprint density at radius 3 is 3.00 bits per heavy atom. The zero-order valence-corrected chi connectivity index (χ0v) is 8.06. The molecule has 2 atom stereocenters. The zero-order chi connectivity index (χ0) is 11.0. The number of carboxylic acids is 1. The number of nitrogens with zero attached hydrogens (tertiary/aromatic N) is 1. The van der Waals surface area contributed by atoms with Gasteiger partial charge in [-0.1, -0.05) is 0 Å². The van der Waals surface area contributed by atoms with Crippen LogP contribution in [-0.2, 0) is 9.59 Å². The molecule has 6 heteroatoms. The van der Waals surface area contributed by atoms with Gasteiger partial charge in [0.05, 0.1) is 12.1 Å². The molecule has 1 aromatic heterocycles. The van der Waals surface area contributed by atoms with Crippen LogP contribution in [0.3, 0.4) is 0 Å². The first-order chi connectivity index (χ1) is 7.08. The number of aliphatic carboxylic acids is 1. The molecule has 2 rings (SSSR count). The van der Waals surface area contributed by atoms with E-state index in [1.807, 2.05) is 0 Å². The van der Waals surface area contributed by atoms with Crippen molar-refractivity contribution < 1.29 is 19.1 Å². The number of carbonyl (C=O) groups is 2. The minimum Gasteiger partial charge on any atom is -0.481 e. The molecule has 80 valence electrons. The number of rotatable bonds is 2. The Balaban J connectivity index is 2.27. The number of oxazole rings is 1. The molecule has 0 radical (unpaired) electrons. The molecule has 1 aliphatic heterocycles. The van der Waals surface area contributed by atoms with Gasteiger partial charge in [0.15, 0.2) is 5.89 Å². The molecule has 2 N–H and O–H groups in total. The summed E-state index contributed by atoms with van der Waals surface area (Å²) in [5.41, 5.74) is 0. The molecular weight excluding hydrogens is 200 g/mol. The van der Waals surface area contributed by atoms with E-state index in [1.165, 1.54) is 6.20 Å². The van der Waals surface area contributed by atoms with Crippen molar-refractivity contribution in [1.29, 1.82) is 0 Å². The predicted molar refractivity (Wildman–Crippen MR) is 47.9 cm³/mol. The number of amides is 1. The molecule has 0 bridgehead atoms. The molecule has 15 heavy (non-hydrogen) atoms. The first-order valence-corrected chi connectivity index (χ1v) is 4.52. The average molecular weight is 210 g/mol. The summed E-state index contributed by atoms with van der Waals surface area (Å²) in [6, 6.07) is -0.601. The standard InChI is InChI=1S/C9H10N2O4/c1-4-10-3-6(15-4)8-5(9(13)14)2-7(12)11-8/h3,5,8H,2H2,1H3,(H,11,12)(H,13,14). The van der Waals surface area contributed by atoms with Gasteiger partial charge in [0.2, 0.25) is 5.91 Å². The maximum Gasteiger partial charge on any atom is 0.309 e. The summed E-state index contributed by atoms with van der Waals surface area (Å²) in [5.74, 6) is -1.21. The van der Waals surface area contributed by atoms with Crippen LogP contribution in [0.15, 0.2) is 10.6 Å². The molecule has 2 heterocycles. The van der Waals surface area contributed by atoms with Crippen LogP contribution in [0.25, 0.3) is 0 Å². The summed E-state index contributed by atoms with van der Waals surface area (Å²) in [7, 11) is 0. The monoisotopic (exact) mass is 210 g/mol. The number of aromatic nitrogens is 1. The van der Waals surface area contributed by atoms with E-state index in [0.717, 1.165) is 0 Å². The molecule has 1 aliphatic rings. The topological polar surface area (TPSA) is 92.4 Å². The van der Waals surface area contributed by atoms with E-state index in [-0.39, 0.29) is 12.3 Å². The summed E-state index contributed by atoms with van der Waals surface area (Å²) in [6.45, 7) is 1.66. The van der Waals surface area contributed by atoms with Gasteiger partial charge in [-0.3, -0.25) is 9.59 Å². The van der Waals surface area contributed by atoms with Gasteiger partial charge in [-0.15, -0.1) is 0 Å². The zero-order valence-electron chi connectivity index (χ0n) is 8.06. The number of aryl methyl sites for hydroxylation is 1. The van der Waals surface area contributed by atoms with Crippen LogP contribution in [0, 0.1) is 12.8 Å². The molecule has 1 fully saturated rings. The third kappa shape index (κ3) is 1.70. The third-order valence-corrected chi connectivity index (χ3v) is 2.39. The molecular formula is C9H10N2O4. The third-order valence-electron chi connectivity index (χ3n) is 2.39. The number of carbonyl (C=O) groups excluding carboxylic acids is 1. The van der Waals surface area contributed by atoms with Crippen molar-refractivity contribution in [3.8, 4) is 0 Å². The van der Waals surface area contributed by atoms with Crippen LogP contribution in [0.4, 0.5) is 0 Å². The molecule has 1 aromatic rings. The molecule has 0 spiro atoms. The first-order valence-electron chi connectivity index (χ1n) is 4.52. The number of hydrogen-bond acceptors (Lipinski definition) is 4. The fourth-order valence-corrected chi connectivity index (χ4v) is 1.67. The Morgan fingerprint density at radius 2 is 2.47 bits per heavy atom. The Morgan fingerprint density at radius 1 is 1.73 bits per heavy atom. The van der Waals surface area contributed by atoms with Crippen molar-refractivity contribution in [2.24, 2.45) is 5.92 Å². The van der Waals surface area contributed by atoms with E-state index < -0.39 is 17.9 Å². The smallest absolute Gasteiger partial charge is 0.309 e. The average Bonchev–Trinajstić information content (AvgIpc) is 2.71. The summed E-state index contributed by atoms with van der Waals surface area (Å²) < 4.78 is 5.21. The molecule has 0 aliphatic carbocycles. The van der Waals surface area contributed by atoms with E-state index in [1.54, 1.807) is 6.92 Å². The number of hydrogen-bond donors (Lipinski definition) is 2. The first kappa shape index (κ1) is 9.70. The van der Waals surface area contributed by atoms with Crippen LogP contribution in [0.5, 0.6) is 0 Å². The quantitative estimate of drug-likeness (QED) is 0.729. The second kappa shape index (κ2) is 3.38. The lowest BCUT2D eigenvalue weighted by atomic mass is 9.99. The highest BCUT2D eigenvalue weighted by Crippen LogP contribution is 2.30. The van der Waals surface area contributed by atoms with E-state index >= 15 is 0 Å². The highest BCUT2D eigenvalue weighted by atomic mass is 16.4. The molecule has 1 amide bonds. The summed E-state index contributed by atoms with van der Waals surface area (Å²) in [5, 5.41) is 11.5. The Kier molecular flexibility index (Phi) is 2.18. The van der Waals surface area contributed by atoms with Crippen molar-refractivity contribution in [3.63, 3.8) is 0 Å². The van der Waals surface area contributed by atoms with Gasteiger partial charge in [-0.25, -0.2) is 4.98 Å². The van der Waals surface area contributed by atoms with E-state index in [9.17, 15) is 9.59 Å². The lowest BCUT2D eigenvalue weighted by molar-refractivity contribution is -0.142.